The van der Waals surface area contributed by atoms with E-state index in [-0.39, 0.29) is 35.6 Å². The summed E-state index contributed by atoms with van der Waals surface area (Å²) >= 11 is 0. The molecule has 0 saturated carbocycles. The summed E-state index contributed by atoms with van der Waals surface area (Å²) < 4.78 is 0. The van der Waals surface area contributed by atoms with Gasteiger partial charge in [0.25, 0.3) is 5.91 Å². The van der Waals surface area contributed by atoms with Crippen LogP contribution in [0.4, 0.5) is 0 Å². The molecule has 3 amide bonds. The fourth-order valence-electron chi connectivity index (χ4n) is 4.03. The zero-order chi connectivity index (χ0) is 23.9. The molecule has 0 fully saturated rings. The van der Waals surface area contributed by atoms with Crippen molar-refractivity contribution >= 4 is 17.7 Å². The van der Waals surface area contributed by atoms with Crippen molar-refractivity contribution in [3.05, 3.63) is 11.6 Å². The maximum atomic E-state index is 12.9. The van der Waals surface area contributed by atoms with Gasteiger partial charge in [0.15, 0.2) is 0 Å². The number of hydrogen-bond donors (Lipinski definition) is 1. The van der Waals surface area contributed by atoms with Gasteiger partial charge in [-0.05, 0) is 57.4 Å². The minimum atomic E-state index is -0.208. The molecule has 0 aromatic rings. The van der Waals surface area contributed by atoms with E-state index < -0.39 is 0 Å². The van der Waals surface area contributed by atoms with Crippen molar-refractivity contribution in [2.24, 2.45) is 11.8 Å². The second kappa shape index (κ2) is 15.3. The molecule has 1 aliphatic heterocycles. The number of nitrogens with zero attached hydrogens (tertiary/aromatic N) is 1. The third-order valence-electron chi connectivity index (χ3n) is 6.15. The number of rotatable bonds is 15. The van der Waals surface area contributed by atoms with Crippen LogP contribution in [0.2, 0.25) is 0 Å². The SMILES string of the molecule is C#CCCCC[C@@H](C)C(=O)NCCCC[C@H]1C(C)=CC(=O)N1C(=O)[C@H](C)CCCCC#C. The van der Waals surface area contributed by atoms with E-state index in [2.05, 4.69) is 17.2 Å². The van der Waals surface area contributed by atoms with Crippen LogP contribution in [-0.4, -0.2) is 35.2 Å². The second-order valence-electron chi connectivity index (χ2n) is 8.94. The Balaban J connectivity index is 2.40. The molecular formula is C27H40N2O3. The van der Waals surface area contributed by atoms with Gasteiger partial charge in [0.05, 0.1) is 6.04 Å². The Bertz CT molecular complexity index is 741. The molecule has 5 heteroatoms. The highest BCUT2D eigenvalue weighted by Crippen LogP contribution is 2.27. The van der Waals surface area contributed by atoms with E-state index >= 15 is 0 Å². The summed E-state index contributed by atoms with van der Waals surface area (Å²) in [6.45, 7) is 6.35. The van der Waals surface area contributed by atoms with Gasteiger partial charge >= 0.3 is 0 Å². The number of unbranched alkanes of at least 4 members (excludes halogenated alkanes) is 5. The summed E-state index contributed by atoms with van der Waals surface area (Å²) in [6, 6.07) is -0.172. The molecule has 0 unspecified atom stereocenters. The van der Waals surface area contributed by atoms with Crippen molar-refractivity contribution in [1.82, 2.24) is 10.2 Å². The second-order valence-corrected chi connectivity index (χ2v) is 8.94. The molecule has 0 aromatic carbocycles. The molecule has 0 bridgehead atoms. The molecular weight excluding hydrogens is 400 g/mol. The average Bonchev–Trinajstić information content (AvgIpc) is 3.05. The van der Waals surface area contributed by atoms with Gasteiger partial charge in [-0.1, -0.05) is 26.7 Å². The van der Waals surface area contributed by atoms with Crippen LogP contribution in [0.15, 0.2) is 11.6 Å². The number of imide groups is 1. The lowest BCUT2D eigenvalue weighted by atomic mass is 9.98. The van der Waals surface area contributed by atoms with Crippen LogP contribution in [-0.2, 0) is 14.4 Å². The molecule has 0 radical (unpaired) electrons. The van der Waals surface area contributed by atoms with E-state index in [0.29, 0.717) is 13.0 Å². The monoisotopic (exact) mass is 440 g/mol. The Morgan fingerprint density at radius 2 is 1.59 bits per heavy atom. The van der Waals surface area contributed by atoms with Gasteiger partial charge in [-0.3, -0.25) is 19.3 Å². The van der Waals surface area contributed by atoms with Crippen LogP contribution >= 0.6 is 0 Å². The lowest BCUT2D eigenvalue weighted by Gasteiger charge is -2.27. The fourth-order valence-corrected chi connectivity index (χ4v) is 4.03. The topological polar surface area (TPSA) is 66.5 Å². The van der Waals surface area contributed by atoms with Gasteiger partial charge in [-0.2, -0.15) is 0 Å². The van der Waals surface area contributed by atoms with Crippen molar-refractivity contribution in [3.63, 3.8) is 0 Å². The number of carbonyl (C=O) groups is 3. The van der Waals surface area contributed by atoms with Crippen LogP contribution in [0.5, 0.6) is 0 Å². The van der Waals surface area contributed by atoms with Gasteiger partial charge in [0.1, 0.15) is 0 Å². The van der Waals surface area contributed by atoms with Crippen LogP contribution in [0.3, 0.4) is 0 Å². The van der Waals surface area contributed by atoms with Gasteiger partial charge in [0, 0.05) is 37.3 Å². The molecule has 1 N–H and O–H groups in total. The Morgan fingerprint density at radius 3 is 2.19 bits per heavy atom. The smallest absolute Gasteiger partial charge is 0.253 e. The molecule has 32 heavy (non-hydrogen) atoms. The predicted octanol–water partition coefficient (Wildman–Crippen LogP) is 4.62. The fraction of sp³-hybridized carbons (Fsp3) is 0.667. The summed E-state index contributed by atoms with van der Waals surface area (Å²) in [6.07, 6.45) is 21.3. The third-order valence-corrected chi connectivity index (χ3v) is 6.15. The highest BCUT2D eigenvalue weighted by atomic mass is 16.2. The van der Waals surface area contributed by atoms with Gasteiger partial charge in [0.2, 0.25) is 11.8 Å². The summed E-state index contributed by atoms with van der Waals surface area (Å²) in [5, 5.41) is 3.00. The summed E-state index contributed by atoms with van der Waals surface area (Å²) in [5.74, 6) is 4.80. The van der Waals surface area contributed by atoms with Gasteiger partial charge in [-0.25, -0.2) is 0 Å². The first-order valence-corrected chi connectivity index (χ1v) is 12.0. The maximum absolute atomic E-state index is 12.9. The first-order chi connectivity index (χ1) is 15.3. The van der Waals surface area contributed by atoms with E-state index in [1.54, 1.807) is 6.08 Å². The Morgan fingerprint density at radius 1 is 1.00 bits per heavy atom. The third kappa shape index (κ3) is 9.31. The summed E-state index contributed by atoms with van der Waals surface area (Å²) in [4.78, 5) is 39.0. The first-order valence-electron chi connectivity index (χ1n) is 12.0. The molecule has 0 spiro atoms. The van der Waals surface area contributed by atoms with Crippen LogP contribution in [0.25, 0.3) is 0 Å². The van der Waals surface area contributed by atoms with Crippen LogP contribution < -0.4 is 5.32 Å². The highest BCUT2D eigenvalue weighted by Gasteiger charge is 2.36. The normalized spacial score (nSPS) is 17.3. The first kappa shape index (κ1) is 27.5. The van der Waals surface area contributed by atoms with E-state index in [4.69, 9.17) is 12.8 Å². The van der Waals surface area contributed by atoms with E-state index in [1.165, 1.54) is 4.90 Å². The molecule has 0 aliphatic carbocycles. The minimum Gasteiger partial charge on any atom is -0.356 e. The van der Waals surface area contributed by atoms with Crippen molar-refractivity contribution < 1.29 is 14.4 Å². The quantitative estimate of drug-likeness (QED) is 0.299. The Hall–Kier alpha value is -2.53. The lowest BCUT2D eigenvalue weighted by molar-refractivity contribution is -0.145. The van der Waals surface area contributed by atoms with Crippen LogP contribution in [0, 0.1) is 36.5 Å². The number of nitrogens with one attached hydrogen (secondary N) is 1. The number of amides is 3. The summed E-state index contributed by atoms with van der Waals surface area (Å²) in [5.41, 5.74) is 0.938. The molecule has 1 rings (SSSR count). The van der Waals surface area contributed by atoms with E-state index in [9.17, 15) is 14.4 Å². The zero-order valence-electron chi connectivity index (χ0n) is 20.1. The molecule has 0 aromatic heterocycles. The Kier molecular flexibility index (Phi) is 13.2. The van der Waals surface area contributed by atoms with Crippen molar-refractivity contribution in [2.75, 3.05) is 6.54 Å². The largest absolute Gasteiger partial charge is 0.356 e. The number of terminal acetylenes is 2. The molecule has 176 valence electrons. The molecule has 5 nitrogen and oxygen atoms in total. The maximum Gasteiger partial charge on any atom is 0.253 e. The van der Waals surface area contributed by atoms with Gasteiger partial charge < -0.3 is 5.32 Å². The standard InChI is InChI=1S/C27H40N2O3/c1-6-8-10-12-16-21(3)26(31)28-19-15-14-18-24-23(5)20-25(30)29(24)27(32)22(4)17-13-11-9-7-2/h1-2,20-22,24H,8-19H2,3-5H3,(H,28,31)/t21-,22-,24+/m1/s1. The zero-order valence-corrected chi connectivity index (χ0v) is 20.1. The van der Waals surface area contributed by atoms with Crippen LogP contribution in [0.1, 0.15) is 91.4 Å². The Labute approximate surface area is 194 Å². The van der Waals surface area contributed by atoms with Crippen molar-refractivity contribution in [2.45, 2.75) is 97.4 Å². The van der Waals surface area contributed by atoms with Gasteiger partial charge in [-0.15, -0.1) is 24.7 Å². The molecule has 3 atom stereocenters. The molecule has 1 aliphatic rings. The summed E-state index contributed by atoms with van der Waals surface area (Å²) in [7, 11) is 0. The highest BCUT2D eigenvalue weighted by molar-refractivity contribution is 6.04. The van der Waals surface area contributed by atoms with E-state index in [0.717, 1.165) is 69.8 Å². The minimum absolute atomic E-state index is 0.0133. The van der Waals surface area contributed by atoms with E-state index in [1.807, 2.05) is 20.8 Å². The average molecular weight is 441 g/mol. The number of hydrogen-bond acceptors (Lipinski definition) is 3. The number of carbonyl (C=O) groups excluding carboxylic acids is 3. The molecule has 0 saturated heterocycles. The van der Waals surface area contributed by atoms with Crippen molar-refractivity contribution in [1.29, 1.82) is 0 Å². The van der Waals surface area contributed by atoms with Crippen molar-refractivity contribution in [3.8, 4) is 24.7 Å². The predicted molar refractivity (Wildman–Crippen MR) is 129 cm³/mol. The molecule has 1 heterocycles. The lowest BCUT2D eigenvalue weighted by Crippen LogP contribution is -2.43.